The highest BCUT2D eigenvalue weighted by molar-refractivity contribution is 5.87. The van der Waals surface area contributed by atoms with Crippen molar-refractivity contribution in [2.75, 3.05) is 26.6 Å². The van der Waals surface area contributed by atoms with Gasteiger partial charge in [-0.25, -0.2) is 0 Å². The maximum Gasteiger partial charge on any atom is 0.204 e. The zero-order valence-electron chi connectivity index (χ0n) is 12.4. The molecule has 0 saturated carbocycles. The summed E-state index contributed by atoms with van der Waals surface area (Å²) in [7, 11) is 4.89. The Morgan fingerprint density at radius 1 is 1.00 bits per heavy atom. The summed E-state index contributed by atoms with van der Waals surface area (Å²) in [5.74, 6) is 1.99. The summed E-state index contributed by atoms with van der Waals surface area (Å²) in [4.78, 5) is 0. The summed E-state index contributed by atoms with van der Waals surface area (Å²) in [6.07, 6.45) is 2.18. The molecule has 0 atom stereocenters. The third-order valence-electron chi connectivity index (χ3n) is 3.26. The van der Waals surface area contributed by atoms with Gasteiger partial charge in [-0.3, -0.25) is 0 Å². The molecule has 0 bridgehead atoms. The fourth-order valence-electron chi connectivity index (χ4n) is 2.64. The largest absolute Gasteiger partial charge is 0.493 e. The Labute approximate surface area is 114 Å². The number of hydrogen-bond donors (Lipinski definition) is 1. The molecular weight excluding hydrogens is 242 g/mol. The molecule has 1 aromatic rings. The molecular formula is C15H21NO3. The second-order valence-electron chi connectivity index (χ2n) is 5.24. The van der Waals surface area contributed by atoms with Crippen LogP contribution >= 0.6 is 0 Å². The molecule has 4 heteroatoms. The van der Waals surface area contributed by atoms with Gasteiger partial charge < -0.3 is 19.5 Å². The molecule has 0 aromatic heterocycles. The van der Waals surface area contributed by atoms with E-state index >= 15 is 0 Å². The van der Waals surface area contributed by atoms with E-state index < -0.39 is 0 Å². The average Bonchev–Trinajstić information content (AvgIpc) is 2.34. The Hall–Kier alpha value is -1.84. The van der Waals surface area contributed by atoms with E-state index in [0.717, 1.165) is 16.8 Å². The molecule has 1 aliphatic heterocycles. The lowest BCUT2D eigenvalue weighted by Gasteiger charge is -2.33. The fourth-order valence-corrected chi connectivity index (χ4v) is 2.64. The highest BCUT2D eigenvalue weighted by Crippen LogP contribution is 2.49. The summed E-state index contributed by atoms with van der Waals surface area (Å²) < 4.78 is 16.3. The molecule has 1 aromatic carbocycles. The van der Waals surface area contributed by atoms with Gasteiger partial charge in [-0.2, -0.15) is 0 Å². The van der Waals surface area contributed by atoms with Gasteiger partial charge in [-0.15, -0.1) is 0 Å². The number of fused-ring (bicyclic) bond motifs is 1. The number of rotatable bonds is 3. The van der Waals surface area contributed by atoms with Crippen LogP contribution in [0.4, 0.5) is 5.69 Å². The van der Waals surface area contributed by atoms with Gasteiger partial charge in [0, 0.05) is 11.6 Å². The zero-order chi connectivity index (χ0) is 14.2. The van der Waals surface area contributed by atoms with Gasteiger partial charge in [0.2, 0.25) is 5.75 Å². The number of allylic oxidation sites excluding steroid dienone is 1. The van der Waals surface area contributed by atoms with Crippen LogP contribution in [0.2, 0.25) is 0 Å². The van der Waals surface area contributed by atoms with Crippen LogP contribution in [0, 0.1) is 0 Å². The van der Waals surface area contributed by atoms with Crippen molar-refractivity contribution in [3.05, 3.63) is 17.7 Å². The average molecular weight is 263 g/mol. The predicted octanol–water partition coefficient (Wildman–Crippen LogP) is 3.32. The molecule has 1 N–H and O–H groups in total. The molecule has 1 aliphatic rings. The highest BCUT2D eigenvalue weighted by atomic mass is 16.5. The van der Waals surface area contributed by atoms with Gasteiger partial charge in [0.05, 0.1) is 32.6 Å². The predicted molar refractivity (Wildman–Crippen MR) is 77.5 cm³/mol. The molecule has 0 aliphatic carbocycles. The molecule has 104 valence electrons. The van der Waals surface area contributed by atoms with Crippen LogP contribution in [-0.2, 0) is 0 Å². The van der Waals surface area contributed by atoms with Crippen molar-refractivity contribution in [2.45, 2.75) is 26.3 Å². The molecule has 19 heavy (non-hydrogen) atoms. The topological polar surface area (TPSA) is 39.7 Å². The standard InChI is InChI=1S/C15H21NO3/c1-9-8-15(2,3)16-10-7-11(17-4)13(18-5)14(19-6)12(9)10/h7-8,16H,1-6H3. The molecule has 2 rings (SSSR count). The van der Waals surface area contributed by atoms with Crippen molar-refractivity contribution < 1.29 is 14.2 Å². The van der Waals surface area contributed by atoms with E-state index in [4.69, 9.17) is 14.2 Å². The molecule has 4 nitrogen and oxygen atoms in total. The normalized spacial score (nSPS) is 16.0. The lowest BCUT2D eigenvalue weighted by atomic mass is 9.90. The van der Waals surface area contributed by atoms with E-state index in [0.29, 0.717) is 17.2 Å². The highest BCUT2D eigenvalue weighted by Gasteiger charge is 2.28. The Morgan fingerprint density at radius 2 is 1.63 bits per heavy atom. The summed E-state index contributed by atoms with van der Waals surface area (Å²) >= 11 is 0. The maximum atomic E-state index is 5.53. The Balaban J connectivity index is 2.73. The first-order valence-corrected chi connectivity index (χ1v) is 6.24. The van der Waals surface area contributed by atoms with Gasteiger partial charge in [-0.05, 0) is 26.3 Å². The summed E-state index contributed by atoms with van der Waals surface area (Å²) in [6, 6.07) is 1.95. The summed E-state index contributed by atoms with van der Waals surface area (Å²) in [5, 5.41) is 3.48. The number of benzene rings is 1. The first kappa shape index (κ1) is 13.6. The van der Waals surface area contributed by atoms with Crippen LogP contribution in [0.15, 0.2) is 12.1 Å². The van der Waals surface area contributed by atoms with Crippen LogP contribution in [-0.4, -0.2) is 26.9 Å². The van der Waals surface area contributed by atoms with E-state index in [2.05, 4.69) is 32.2 Å². The van der Waals surface area contributed by atoms with Gasteiger partial charge in [0.25, 0.3) is 0 Å². The van der Waals surface area contributed by atoms with Crippen LogP contribution in [0.5, 0.6) is 17.2 Å². The van der Waals surface area contributed by atoms with Gasteiger partial charge >= 0.3 is 0 Å². The summed E-state index contributed by atoms with van der Waals surface area (Å²) in [5.41, 5.74) is 3.09. The van der Waals surface area contributed by atoms with Crippen LogP contribution in [0.25, 0.3) is 5.57 Å². The smallest absolute Gasteiger partial charge is 0.204 e. The number of methoxy groups -OCH3 is 3. The van der Waals surface area contributed by atoms with Crippen molar-refractivity contribution in [1.82, 2.24) is 0 Å². The zero-order valence-corrected chi connectivity index (χ0v) is 12.4. The Bertz CT molecular complexity index is 533. The van der Waals surface area contributed by atoms with Crippen LogP contribution < -0.4 is 19.5 Å². The van der Waals surface area contributed by atoms with E-state index in [1.54, 1.807) is 21.3 Å². The molecule has 0 amide bonds. The third-order valence-corrected chi connectivity index (χ3v) is 3.26. The molecule has 0 radical (unpaired) electrons. The molecule has 0 fully saturated rings. The minimum atomic E-state index is -0.0955. The SMILES string of the molecule is COc1cc2c(c(OC)c1OC)C(C)=CC(C)(C)N2. The number of nitrogens with one attached hydrogen (secondary N) is 1. The van der Waals surface area contributed by atoms with Crippen molar-refractivity contribution in [3.63, 3.8) is 0 Å². The van der Waals surface area contributed by atoms with Crippen molar-refractivity contribution in [2.24, 2.45) is 0 Å². The van der Waals surface area contributed by atoms with E-state index in [1.165, 1.54) is 0 Å². The monoisotopic (exact) mass is 263 g/mol. The molecule has 0 unspecified atom stereocenters. The van der Waals surface area contributed by atoms with Crippen molar-refractivity contribution >= 4 is 11.3 Å². The number of anilines is 1. The van der Waals surface area contributed by atoms with Gasteiger partial charge in [-0.1, -0.05) is 6.08 Å². The lowest BCUT2D eigenvalue weighted by molar-refractivity contribution is 0.324. The molecule has 0 saturated heterocycles. The molecule has 1 heterocycles. The Kier molecular flexibility index (Phi) is 3.35. The van der Waals surface area contributed by atoms with Crippen LogP contribution in [0.1, 0.15) is 26.3 Å². The number of ether oxygens (including phenoxy) is 3. The minimum Gasteiger partial charge on any atom is -0.493 e. The first-order chi connectivity index (χ1) is 8.93. The van der Waals surface area contributed by atoms with Crippen molar-refractivity contribution in [3.8, 4) is 17.2 Å². The van der Waals surface area contributed by atoms with Gasteiger partial charge in [0.1, 0.15) is 0 Å². The summed E-state index contributed by atoms with van der Waals surface area (Å²) in [6.45, 7) is 6.33. The van der Waals surface area contributed by atoms with Gasteiger partial charge in [0.15, 0.2) is 11.5 Å². The van der Waals surface area contributed by atoms with Crippen LogP contribution in [0.3, 0.4) is 0 Å². The van der Waals surface area contributed by atoms with E-state index in [9.17, 15) is 0 Å². The minimum absolute atomic E-state index is 0.0955. The van der Waals surface area contributed by atoms with E-state index in [-0.39, 0.29) is 5.54 Å². The molecule has 0 spiro atoms. The first-order valence-electron chi connectivity index (χ1n) is 6.24. The number of hydrogen-bond acceptors (Lipinski definition) is 4. The van der Waals surface area contributed by atoms with Crippen molar-refractivity contribution in [1.29, 1.82) is 0 Å². The lowest BCUT2D eigenvalue weighted by Crippen LogP contribution is -2.31. The van der Waals surface area contributed by atoms with E-state index in [1.807, 2.05) is 6.07 Å². The second kappa shape index (κ2) is 4.68. The Morgan fingerprint density at radius 3 is 2.16 bits per heavy atom. The quantitative estimate of drug-likeness (QED) is 0.908. The fraction of sp³-hybridized carbons (Fsp3) is 0.467. The maximum absolute atomic E-state index is 5.53. The third kappa shape index (κ3) is 2.23. The second-order valence-corrected chi connectivity index (χ2v) is 5.24.